The molecule has 0 N–H and O–H groups in total. The van der Waals surface area contributed by atoms with Crippen LogP contribution in [0.15, 0.2) is 230 Å². The molecule has 0 aromatic heterocycles. The number of ether oxygens (including phenoxy) is 9. The summed E-state index contributed by atoms with van der Waals surface area (Å²) >= 11 is 6.23. The monoisotopic (exact) mass is 1560 g/mol. The van der Waals surface area contributed by atoms with Crippen molar-refractivity contribution in [2.45, 2.75) is 146 Å². The van der Waals surface area contributed by atoms with E-state index >= 15 is 0 Å². The van der Waals surface area contributed by atoms with Crippen molar-refractivity contribution in [2.75, 3.05) is 53.4 Å². The molecule has 3 aromatic rings. The molecule has 2 fully saturated rings. The highest BCUT2D eigenvalue weighted by Crippen LogP contribution is 2.35. The Morgan fingerprint density at radius 3 is 1.57 bits per heavy atom. The number of nitrogens with zero attached hydrogens (tertiary/aromatic N) is 7. The first-order valence-corrected chi connectivity index (χ1v) is 39.1. The number of hydrogen-bond acceptors (Lipinski definition) is 17. The minimum absolute atomic E-state index is 0.0619. The van der Waals surface area contributed by atoms with Crippen LogP contribution in [0.4, 0.5) is 28.8 Å². The van der Waals surface area contributed by atoms with E-state index in [0.717, 1.165) is 29.9 Å². The molecule has 7 heterocycles. The van der Waals surface area contributed by atoms with Gasteiger partial charge in [0.1, 0.15) is 5.75 Å². The number of halogens is 1. The molecule has 0 bridgehead atoms. The quantitative estimate of drug-likeness (QED) is 0.0652. The fourth-order valence-electron chi connectivity index (χ4n) is 12.1. The van der Waals surface area contributed by atoms with Crippen LogP contribution in [0.2, 0.25) is 0 Å². The van der Waals surface area contributed by atoms with Crippen LogP contribution in [0.3, 0.4) is 0 Å². The molecule has 112 heavy (non-hydrogen) atoms. The van der Waals surface area contributed by atoms with E-state index in [1.807, 2.05) is 133 Å². The lowest BCUT2D eigenvalue weighted by Gasteiger charge is -2.29. The van der Waals surface area contributed by atoms with Gasteiger partial charge in [-0.25, -0.2) is 28.8 Å². The van der Waals surface area contributed by atoms with E-state index in [0.29, 0.717) is 74.4 Å². The zero-order valence-electron chi connectivity index (χ0n) is 66.5. The van der Waals surface area contributed by atoms with Gasteiger partial charge in [-0.2, -0.15) is 5.26 Å². The lowest BCUT2D eigenvalue weighted by molar-refractivity contribution is -0.145. The molecule has 1 saturated carbocycles. The van der Waals surface area contributed by atoms with Crippen LogP contribution in [0.1, 0.15) is 143 Å². The van der Waals surface area contributed by atoms with Gasteiger partial charge in [0.15, 0.2) is 6.29 Å². The Balaban J connectivity index is 0.000000210. The maximum Gasteiger partial charge on any atom is 0.423 e. The van der Waals surface area contributed by atoms with Gasteiger partial charge in [-0.1, -0.05) is 218 Å². The lowest BCUT2D eigenvalue weighted by atomic mass is 9.79. The predicted molar refractivity (Wildman–Crippen MR) is 431 cm³/mol. The molecule has 0 spiro atoms. The second-order valence-corrected chi connectivity index (χ2v) is 27.8. The second-order valence-electron chi connectivity index (χ2n) is 27.4. The highest BCUT2D eigenvalue weighted by atomic mass is 35.5. The summed E-state index contributed by atoms with van der Waals surface area (Å²) in [5.74, 6) is 2.07. The summed E-state index contributed by atoms with van der Waals surface area (Å²) in [4.78, 5) is 89.7. The topological polar surface area (TPSA) is 246 Å². The molecule has 4 unspecified atom stereocenters. The molecule has 7 aliphatic heterocycles. The fourth-order valence-corrected chi connectivity index (χ4v) is 12.3. The van der Waals surface area contributed by atoms with Crippen LogP contribution in [0.5, 0.6) is 5.75 Å². The Morgan fingerprint density at radius 2 is 1.04 bits per heavy atom. The molecule has 6 amide bonds. The zero-order chi connectivity index (χ0) is 81.2. The van der Waals surface area contributed by atoms with Crippen LogP contribution in [0.25, 0.3) is 0 Å². The Bertz CT molecular complexity index is 3860. The zero-order valence-corrected chi connectivity index (χ0v) is 67.3. The van der Waals surface area contributed by atoms with E-state index in [-0.39, 0.29) is 60.0 Å². The van der Waals surface area contributed by atoms with Crippen LogP contribution in [-0.4, -0.2) is 132 Å². The summed E-state index contributed by atoms with van der Waals surface area (Å²) in [6.07, 6.45) is 47.8. The predicted octanol–water partition coefficient (Wildman–Crippen LogP) is 20.2. The molecule has 1 saturated heterocycles. The first kappa shape index (κ1) is 90.2. The van der Waals surface area contributed by atoms with Crippen molar-refractivity contribution >= 4 is 54.1 Å². The summed E-state index contributed by atoms with van der Waals surface area (Å²) < 4.78 is 45.8. The van der Waals surface area contributed by atoms with Crippen LogP contribution in [0, 0.1) is 65.6 Å². The number of hydrogen-bond donors (Lipinski definition) is 0. The number of allylic oxidation sites excluding steroid dienone is 11. The van der Waals surface area contributed by atoms with Gasteiger partial charge in [-0.15, -0.1) is 0 Å². The molecular formula is C88H112ClN7O16. The maximum atomic E-state index is 12.2. The molecule has 3 aromatic carbocycles. The Kier molecular flexibility index (Phi) is 39.9. The Morgan fingerprint density at radius 1 is 0.554 bits per heavy atom. The Hall–Kier alpha value is -10.7. The summed E-state index contributed by atoms with van der Waals surface area (Å²) in [5, 5.41) is 10.0. The third-order valence-corrected chi connectivity index (χ3v) is 18.8. The molecule has 602 valence electrons. The summed E-state index contributed by atoms with van der Waals surface area (Å²) in [5.41, 5.74) is 4.86. The minimum atomic E-state index is -0.458. The van der Waals surface area contributed by atoms with Gasteiger partial charge in [0.2, 0.25) is 0 Å². The van der Waals surface area contributed by atoms with E-state index in [1.54, 1.807) is 107 Å². The normalized spacial score (nSPS) is 18.7. The molecule has 0 radical (unpaired) electrons. The second kappa shape index (κ2) is 49.6. The molecule has 11 rings (SSSR count). The van der Waals surface area contributed by atoms with Crippen molar-refractivity contribution in [3.05, 3.63) is 247 Å². The molecule has 24 heteroatoms. The molecule has 23 nitrogen and oxygen atoms in total. The van der Waals surface area contributed by atoms with E-state index in [4.69, 9.17) is 49.5 Å². The number of aryl methyl sites for hydroxylation is 1. The number of para-hydroxylation sites is 1. The standard InChI is InChI=1S/C18H20N2O2.C16H17NO4.C15H16ClNO2.C14H21NO2.C13H21NO2.C12H17NO4/c1-13(2)12-22-18(21)20-9-8-17(16(10-19)11-20)15-6-4-14(3)5-7-15;1-12-7-8-17(11-14(12)15-19-9-10-20-15)16(18)21-13-5-3-2-4-6-13;1-2-19-15(18)17-9-8-13(14(16)11-17)10-12-6-4-3-5-7-12;1-2-17-14(16)15-10-8-13(9-11-15)12-6-4-3-5-7-12;1-3-5-6-7-12-8-10-14(11-9-12)13(15)16-4-2;1-4-17-12(15)13-7-5-10(6-8-13)9(2)11(14)16-3/h4-9,11,13,17H,12H2,1-3H3;2-8,11-12,15H,9-10H2,1H3;3-9,11,13H,2,10H2,1H3;8-13H,2-7H2,1H3;8-12H,3-7H2,1-2H3;5-10H,4H2,1-3H3. The number of esters is 1. The van der Waals surface area contributed by atoms with Gasteiger partial charge in [-0.05, 0) is 101 Å². The minimum Gasteiger partial charge on any atom is -0.469 e. The molecule has 8 aliphatic rings. The van der Waals surface area contributed by atoms with Crippen LogP contribution >= 0.6 is 11.6 Å². The number of carbonyl (C=O) groups excluding carboxylic acids is 7. The number of amides is 6. The first-order chi connectivity index (χ1) is 54.1. The van der Waals surface area contributed by atoms with Crippen molar-refractivity contribution in [1.82, 2.24) is 29.4 Å². The van der Waals surface area contributed by atoms with Gasteiger partial charge < -0.3 is 42.6 Å². The SMILES string of the molecule is CC1C=CN(C(=O)Oc2ccccc2)C=C1C1OCCO1.CCCCCC1C=CN(C(=O)OCC)C=C1.CCOC(=O)N1C=CC(C(C)C(=O)OC)C=C1.CCOC(=O)N1C=CC(C2CCCCC2)C=C1.CCOC(=O)N1C=CC(Cc2ccccc2)C(Cl)=C1.Cc1ccc(C2C=CN(C(=O)OCC(C)C)C=C2C#N)cc1. The van der Waals surface area contributed by atoms with Gasteiger partial charge in [0, 0.05) is 115 Å². The summed E-state index contributed by atoms with van der Waals surface area (Å²) in [6, 6.07) is 29.3. The van der Waals surface area contributed by atoms with E-state index in [2.05, 4.69) is 54.2 Å². The average molecular weight is 1560 g/mol. The maximum absolute atomic E-state index is 12.2. The lowest BCUT2D eigenvalue weighted by Crippen LogP contribution is -2.30. The highest BCUT2D eigenvalue weighted by molar-refractivity contribution is 6.30. The summed E-state index contributed by atoms with van der Waals surface area (Å²) in [7, 11) is 1.36. The molecule has 1 aliphatic carbocycles. The van der Waals surface area contributed by atoms with Crippen LogP contribution < -0.4 is 4.74 Å². The van der Waals surface area contributed by atoms with Crippen molar-refractivity contribution < 1.29 is 76.2 Å². The van der Waals surface area contributed by atoms with Crippen molar-refractivity contribution in [2.24, 2.45) is 47.3 Å². The number of nitriles is 1. The van der Waals surface area contributed by atoms with Crippen molar-refractivity contribution in [3.8, 4) is 11.8 Å². The number of rotatable bonds is 18. The first-order valence-electron chi connectivity index (χ1n) is 38.7. The number of methoxy groups -OCH3 is 1. The third kappa shape index (κ3) is 30.5. The third-order valence-electron chi connectivity index (χ3n) is 18.4. The van der Waals surface area contributed by atoms with E-state index < -0.39 is 24.4 Å². The fraction of sp³-hybridized carbons (Fsp3) is 0.432. The van der Waals surface area contributed by atoms with Gasteiger partial charge >= 0.3 is 42.5 Å². The van der Waals surface area contributed by atoms with Gasteiger partial charge in [0.25, 0.3) is 0 Å². The van der Waals surface area contributed by atoms with Crippen molar-refractivity contribution in [1.29, 1.82) is 5.26 Å². The van der Waals surface area contributed by atoms with Crippen LogP contribution in [-0.2, 0) is 49.1 Å². The van der Waals surface area contributed by atoms with Gasteiger partial charge in [0.05, 0.1) is 70.9 Å². The van der Waals surface area contributed by atoms with Crippen molar-refractivity contribution in [3.63, 3.8) is 0 Å². The number of carbonyl (C=O) groups is 7. The Labute approximate surface area is 666 Å². The average Bonchev–Trinajstić information content (AvgIpc) is 0.942. The summed E-state index contributed by atoms with van der Waals surface area (Å²) in [6.45, 7) is 22.2. The highest BCUT2D eigenvalue weighted by Gasteiger charge is 2.30. The smallest absolute Gasteiger partial charge is 0.423 e. The number of benzene rings is 3. The molecular weight excluding hydrogens is 1450 g/mol. The van der Waals surface area contributed by atoms with Gasteiger partial charge in [-0.3, -0.25) is 34.2 Å². The van der Waals surface area contributed by atoms with E-state index in [9.17, 15) is 38.8 Å². The van der Waals surface area contributed by atoms with E-state index in [1.165, 1.54) is 99.0 Å². The number of unbranched alkanes of at least 4 members (excludes halogenated alkanes) is 2. The largest absolute Gasteiger partial charge is 0.469 e. The molecule has 4 atom stereocenters.